The van der Waals surface area contributed by atoms with Crippen LogP contribution in [-0.4, -0.2) is 274 Å². The zero-order valence-electron chi connectivity index (χ0n) is 82.4. The predicted octanol–water partition coefficient (Wildman–Crippen LogP) is 16.9. The molecule has 0 aliphatic carbocycles. The Kier molecular flexibility index (Phi) is 33.9. The van der Waals surface area contributed by atoms with E-state index in [0.717, 1.165) is 29.7 Å². The van der Waals surface area contributed by atoms with E-state index in [1.165, 1.54) is 93.4 Å². The number of carbonyl (C=O) groups excluding carboxylic acids is 4. The summed E-state index contributed by atoms with van der Waals surface area (Å²) in [4.78, 5) is 108. The van der Waals surface area contributed by atoms with Gasteiger partial charge in [0.15, 0.2) is 69.5 Å². The van der Waals surface area contributed by atoms with Gasteiger partial charge in [0, 0.05) is 170 Å². The van der Waals surface area contributed by atoms with Gasteiger partial charge >= 0.3 is 0 Å². The van der Waals surface area contributed by atoms with Gasteiger partial charge in [-0.3, -0.25) is 19.2 Å². The van der Waals surface area contributed by atoms with Crippen LogP contribution in [0.2, 0.25) is 30.1 Å². The summed E-state index contributed by atoms with van der Waals surface area (Å²) in [6.45, 7) is 20.6. The molecule has 12 atom stereocenters. The molecule has 17 heterocycles. The quantitative estimate of drug-likeness (QED) is 0.0201. The van der Waals surface area contributed by atoms with Crippen molar-refractivity contribution in [1.29, 1.82) is 0 Å². The van der Waals surface area contributed by atoms with E-state index in [1.54, 1.807) is 49.9 Å². The normalized spacial score (nSPS) is 20.7. The van der Waals surface area contributed by atoms with Crippen LogP contribution in [0.3, 0.4) is 0 Å². The Morgan fingerprint density at radius 2 is 0.698 bits per heavy atom. The van der Waals surface area contributed by atoms with Crippen LogP contribution in [0.15, 0.2) is 124 Å². The topological polar surface area (TPSA) is 445 Å². The van der Waals surface area contributed by atoms with Gasteiger partial charge in [-0.1, -0.05) is 95.9 Å². The maximum absolute atomic E-state index is 15.1. The van der Waals surface area contributed by atoms with E-state index in [2.05, 4.69) is 103 Å². The molecule has 9 aliphatic heterocycles. The second-order valence-corrected chi connectivity index (χ2v) is 38.3. The first-order valence-electron chi connectivity index (χ1n) is 47.4. The number of rotatable bonds is 35. The molecule has 4 aromatic carbocycles. The van der Waals surface area contributed by atoms with E-state index in [9.17, 15) is 19.2 Å². The number of morpholine rings is 2. The number of hydrogen-bond acceptors (Lipinski definition) is 38. The van der Waals surface area contributed by atoms with E-state index >= 15 is 8.78 Å². The number of nitrogens with two attached hydrogens (primary N) is 1. The first kappa shape index (κ1) is 107. The van der Waals surface area contributed by atoms with Crippen LogP contribution in [0.5, 0.6) is 46.0 Å². The number of halogens is 8. The summed E-state index contributed by atoms with van der Waals surface area (Å²) < 4.78 is 107. The van der Waals surface area contributed by atoms with Crippen molar-refractivity contribution in [2.45, 2.75) is 87.0 Å². The number of piperidine rings is 1. The van der Waals surface area contributed by atoms with Crippen molar-refractivity contribution in [3.8, 4) is 91.0 Å². The van der Waals surface area contributed by atoms with Crippen molar-refractivity contribution in [2.75, 3.05) is 185 Å². The van der Waals surface area contributed by atoms with E-state index < -0.39 is 11.6 Å². The number of ketones is 4. The third-order valence-electron chi connectivity index (χ3n) is 26.9. The van der Waals surface area contributed by atoms with Gasteiger partial charge in [0.1, 0.15) is 56.6 Å². The minimum Gasteiger partial charge on any atom is -0.495 e. The molecular weight excluding hydrogens is 2060 g/mol. The second-order valence-electron chi connectivity index (χ2n) is 36.0. The smallest absolute Gasteiger partial charge is 0.223 e. The molecule has 9 aliphatic rings. The van der Waals surface area contributed by atoms with Crippen molar-refractivity contribution in [3.05, 3.63) is 166 Å². The number of pyridine rings is 4. The summed E-state index contributed by atoms with van der Waals surface area (Å²) in [5.74, 6) is 3.56. The SMILES string of the molecule is C=CC(=O)C[C@H]1COC[C@H]1Nc1ncc2cc(-c3c(Cl)c(OC)cc(OC)c3Cl)nc(N)c2n1.C=CC(=O)C[C@H]1COC[C@H]1Nc1ncc2cc(-c3c(Cl)c(OC)cc(OC)c3Cl)nc(N3CC4CC(C3)O4)c2n1.C=CC(=O)C[C@H]1COC[C@H]1Nc1ncc2cc(-c3c(Cl)c(OC)cc(OC)c3Cl)nc(N3CC4CC3CO4)c2n1.C=CC(=O)C[C@H]1COC[C@H]1Nc1ncc2cc(-c3c(F)c(OC)cc(OC)c3F)nc(NC)c2n1. The maximum atomic E-state index is 15.1. The monoisotopic (exact) mass is 2160 g/mol. The minimum atomic E-state index is -0.903. The lowest BCUT2D eigenvalue weighted by Crippen LogP contribution is -2.57. The molecule has 4 bridgehead atoms. The van der Waals surface area contributed by atoms with Gasteiger partial charge in [-0.25, -0.2) is 68.6 Å². The van der Waals surface area contributed by atoms with E-state index in [0.29, 0.717) is 267 Å². The van der Waals surface area contributed by atoms with Crippen LogP contribution in [0.4, 0.5) is 55.8 Å². The molecule has 0 saturated carbocycles. The Bertz CT molecular complexity index is 7070. The van der Waals surface area contributed by atoms with E-state index in [4.69, 9.17) is 162 Å². The molecule has 46 heteroatoms. The predicted molar refractivity (Wildman–Crippen MR) is 565 cm³/mol. The summed E-state index contributed by atoms with van der Waals surface area (Å²) in [5, 5.41) is 20.7. The molecule has 8 aromatic heterocycles. The van der Waals surface area contributed by atoms with Gasteiger partial charge < -0.3 is 108 Å². The average Bonchev–Trinajstić information content (AvgIpc) is 1.55. The number of anilines is 8. The number of nitrogen functional groups attached to an aromatic ring is 1. The van der Waals surface area contributed by atoms with Gasteiger partial charge in [0.2, 0.25) is 23.8 Å². The number of nitrogens with one attached hydrogen (secondary N) is 5. The molecule has 21 rings (SSSR count). The third-order valence-corrected chi connectivity index (χ3v) is 29.1. The largest absolute Gasteiger partial charge is 0.495 e. The average molecular weight is 2160 g/mol. The lowest BCUT2D eigenvalue weighted by molar-refractivity contribution is -0.133. The summed E-state index contributed by atoms with van der Waals surface area (Å²) >= 11 is 40.1. The molecule has 149 heavy (non-hydrogen) atoms. The van der Waals surface area contributed by atoms with Gasteiger partial charge in [0.05, 0.1) is 223 Å². The highest BCUT2D eigenvalue weighted by Crippen LogP contribution is 2.52. The number of ether oxygens (including phenoxy) is 14. The number of allylic oxidation sites excluding steroid dienone is 4. The summed E-state index contributed by atoms with van der Waals surface area (Å²) in [5.41, 5.74) is 11.1. The van der Waals surface area contributed by atoms with Crippen LogP contribution < -0.4 is 80.0 Å². The highest BCUT2D eigenvalue weighted by molar-refractivity contribution is 6.43. The van der Waals surface area contributed by atoms with Crippen molar-refractivity contribution in [1.82, 2.24) is 59.8 Å². The number of benzene rings is 4. The number of methoxy groups -OCH3 is 8. The lowest BCUT2D eigenvalue weighted by atomic mass is 9.97. The zero-order valence-corrected chi connectivity index (χ0v) is 87.0. The molecule has 12 aromatic rings. The summed E-state index contributed by atoms with van der Waals surface area (Å²) in [6.07, 6.45) is 15.8. The minimum absolute atomic E-state index is 0.00319. The van der Waals surface area contributed by atoms with E-state index in [-0.39, 0.29) is 134 Å². The molecule has 9 fully saturated rings. The first-order valence-corrected chi connectivity index (χ1v) is 49.6. The van der Waals surface area contributed by atoms with Crippen LogP contribution in [0.25, 0.3) is 88.6 Å². The van der Waals surface area contributed by atoms with Gasteiger partial charge in [0.25, 0.3) is 0 Å². The first-order chi connectivity index (χ1) is 72.0. The highest BCUT2D eigenvalue weighted by Gasteiger charge is 2.44. The Hall–Kier alpha value is -13.4. The number of aromatic nitrogens is 12. The number of carbonyl (C=O) groups is 4. The van der Waals surface area contributed by atoms with Gasteiger partial charge in [-0.05, 0) is 55.0 Å². The Morgan fingerprint density at radius 1 is 0.389 bits per heavy atom. The maximum Gasteiger partial charge on any atom is 0.223 e. The number of fused-ring (bicyclic) bond motifs is 8. The molecular formula is C103H106Cl6F2N20O18. The third kappa shape index (κ3) is 22.9. The fraction of sp³-hybridized carbons (Fsp3) is 0.379. The van der Waals surface area contributed by atoms with Crippen molar-refractivity contribution >= 4 is 183 Å². The van der Waals surface area contributed by atoms with Crippen molar-refractivity contribution < 1.29 is 94.3 Å². The molecule has 0 amide bonds. The van der Waals surface area contributed by atoms with Crippen LogP contribution in [0, 0.1) is 35.3 Å². The van der Waals surface area contributed by atoms with Crippen molar-refractivity contribution in [3.63, 3.8) is 0 Å². The summed E-state index contributed by atoms with van der Waals surface area (Å²) in [6, 6.07) is 12.7. The van der Waals surface area contributed by atoms with Gasteiger partial charge in [-0.2, -0.15) is 0 Å². The number of hydrogen-bond donors (Lipinski definition) is 6. The van der Waals surface area contributed by atoms with E-state index in [1.807, 2.05) is 12.1 Å². The zero-order chi connectivity index (χ0) is 105. The highest BCUT2D eigenvalue weighted by atomic mass is 35.5. The molecule has 4 unspecified atom stereocenters. The Morgan fingerprint density at radius 3 is 1.03 bits per heavy atom. The Labute approximate surface area is 884 Å². The Balaban J connectivity index is 0.000000136. The van der Waals surface area contributed by atoms with Gasteiger partial charge in [-0.15, -0.1) is 0 Å². The summed E-state index contributed by atoms with van der Waals surface area (Å²) in [7, 11) is 13.3. The van der Waals surface area contributed by atoms with Crippen LogP contribution >= 0.6 is 69.6 Å². The molecule has 38 nitrogen and oxygen atoms in total. The fourth-order valence-corrected chi connectivity index (χ4v) is 21.1. The second kappa shape index (κ2) is 47.2. The molecule has 782 valence electrons. The van der Waals surface area contributed by atoms with Crippen molar-refractivity contribution in [2.24, 2.45) is 23.7 Å². The molecule has 0 spiro atoms. The van der Waals surface area contributed by atoms with Crippen LogP contribution in [0.1, 0.15) is 38.5 Å². The van der Waals surface area contributed by atoms with Crippen LogP contribution in [-0.2, 0) is 47.6 Å². The molecule has 9 saturated heterocycles. The molecule has 0 radical (unpaired) electrons. The molecule has 7 N–H and O–H groups in total. The standard InChI is InChI=1S/2C28H29Cl2N5O5.C24H25F2N5O4.C23H23Cl2N5O4/c1-4-16(36)5-15-12-39-13-20(15)33-28-31-9-14-6-19(23-24(29)21(37-2)8-22(38-3)25(23)30)32-27(26(14)34-28)35-10-17-7-18(11-35)40-17;1-4-17(36)5-15-11-39-13-20(15)33-28-31-9-14-6-19(23-24(29)21(37-2)8-22(38-3)25(23)30)32-27(26(14)34-28)35-10-18-7-16(35)12-40-18;1-5-14(32)6-13-10-35-11-16(13)30-24-28-9-12-7-15(29-23(27-2)22(12)31-24)19-20(25)17(33-3)8-18(34-4)21(19)26;1-4-13(31)5-12-9-34-10-15(12)29-23-27-8-11-6-14(28-22(26)21(11)30-23)18-19(24)16(32-2)7-17(33-3)20(18)25/h4,6,8-9,15,17-18,20H,1,5,7,10-13H2,2-3H3,(H,31,33,34);4,6,8-9,15-16,18,20H,1,5,7,10-13H2,2-3H3,(H,31,33,34);5,7-9,13,16H,1,6,10-11H2,2-4H3,(H,27,29)(H,28,30,31);4,6-8,12,15H,1,5,9-10H2,2-3H3,(H2,26,28)(H,27,29,30)/t15-,17?,18?,20+;15-,16?,18?,20+;13-,16+;12-,15+/m0000/s1. The lowest BCUT2D eigenvalue weighted by Gasteiger charge is -2.47. The fourth-order valence-electron chi connectivity index (χ4n) is 19.0. The number of nitrogens with zero attached hydrogens (tertiary/aromatic N) is 14.